The highest BCUT2D eigenvalue weighted by Gasteiger charge is 2.24. The van der Waals surface area contributed by atoms with E-state index in [1.165, 1.54) is 0 Å². The molecule has 0 radical (unpaired) electrons. The summed E-state index contributed by atoms with van der Waals surface area (Å²) in [7, 11) is 0. The number of hydrogen-bond acceptors (Lipinski definition) is 5. The molecule has 0 aliphatic rings. The number of hydrogen-bond donors (Lipinski definition) is 0. The third-order valence-electron chi connectivity index (χ3n) is 7.45. The van der Waals surface area contributed by atoms with Crippen molar-refractivity contribution in [2.24, 2.45) is 0 Å². The second kappa shape index (κ2) is 9.60. The van der Waals surface area contributed by atoms with Crippen LogP contribution in [0.15, 0.2) is 138 Å². The summed E-state index contributed by atoms with van der Waals surface area (Å²) in [5.41, 5.74) is 5.85. The Kier molecular flexibility index (Phi) is 5.46. The van der Waals surface area contributed by atoms with E-state index in [2.05, 4.69) is 0 Å². The molecule has 4 aromatic heterocycles. The second-order valence-corrected chi connectivity index (χ2v) is 9.94. The number of para-hydroxylation sites is 1. The molecule has 0 saturated heterocycles. The second-order valence-electron chi connectivity index (χ2n) is 9.94. The minimum absolute atomic E-state index is 0.234. The van der Waals surface area contributed by atoms with E-state index in [0.717, 1.165) is 33.2 Å². The van der Waals surface area contributed by atoms with Crippen molar-refractivity contribution in [1.82, 2.24) is 28.9 Å². The first kappa shape index (κ1) is 23.9. The van der Waals surface area contributed by atoms with Crippen molar-refractivity contribution in [3.05, 3.63) is 144 Å². The summed E-state index contributed by atoms with van der Waals surface area (Å²) in [6, 6.07) is 41.2. The topological polar surface area (TPSA) is 78.0 Å². The highest BCUT2D eigenvalue weighted by Crippen LogP contribution is 2.36. The van der Waals surface area contributed by atoms with E-state index in [1.54, 1.807) is 10.8 Å². The first-order valence-electron chi connectivity index (χ1n) is 13.6. The van der Waals surface area contributed by atoms with Crippen molar-refractivity contribution < 1.29 is 0 Å². The zero-order valence-corrected chi connectivity index (χ0v) is 22.3. The fourth-order valence-corrected chi connectivity index (χ4v) is 5.61. The molecule has 0 amide bonds. The summed E-state index contributed by atoms with van der Waals surface area (Å²) >= 11 is 0. The summed E-state index contributed by atoms with van der Waals surface area (Å²) in [6.45, 7) is 0. The highest BCUT2D eigenvalue weighted by molar-refractivity contribution is 6.07. The van der Waals surface area contributed by atoms with E-state index in [4.69, 9.17) is 19.9 Å². The van der Waals surface area contributed by atoms with Gasteiger partial charge in [-0.05, 0) is 23.8 Å². The van der Waals surface area contributed by atoms with Crippen molar-refractivity contribution in [2.45, 2.75) is 0 Å². The summed E-state index contributed by atoms with van der Waals surface area (Å²) in [5.74, 6) is 1.19. The van der Waals surface area contributed by atoms with Gasteiger partial charge in [0.05, 0.1) is 11.0 Å². The molecule has 0 aliphatic carbocycles. The molecule has 42 heavy (non-hydrogen) atoms. The van der Waals surface area contributed by atoms with E-state index in [9.17, 15) is 4.79 Å². The molecule has 0 unspecified atom stereocenters. The van der Waals surface area contributed by atoms with Gasteiger partial charge < -0.3 is 0 Å². The van der Waals surface area contributed by atoms with Gasteiger partial charge >= 0.3 is 0 Å². The number of pyridine rings is 1. The van der Waals surface area contributed by atoms with Gasteiger partial charge in [0.2, 0.25) is 5.95 Å². The largest absolute Gasteiger partial charge is 0.287 e. The van der Waals surface area contributed by atoms with Crippen LogP contribution in [0.1, 0.15) is 0 Å². The van der Waals surface area contributed by atoms with Gasteiger partial charge in [-0.3, -0.25) is 9.20 Å². The maximum absolute atomic E-state index is 14.8. The lowest BCUT2D eigenvalue weighted by molar-refractivity contribution is 0.894. The summed E-state index contributed by atoms with van der Waals surface area (Å²) in [4.78, 5) is 34.2. The van der Waals surface area contributed by atoms with Crippen molar-refractivity contribution in [3.63, 3.8) is 0 Å². The first-order chi connectivity index (χ1) is 20.8. The smallest absolute Gasteiger partial charge is 0.283 e. The van der Waals surface area contributed by atoms with Crippen LogP contribution >= 0.6 is 0 Å². The molecular weight excluding hydrogens is 520 g/mol. The fourth-order valence-electron chi connectivity index (χ4n) is 5.61. The first-order valence-corrected chi connectivity index (χ1v) is 13.6. The van der Waals surface area contributed by atoms with Crippen LogP contribution in [0.3, 0.4) is 0 Å². The van der Waals surface area contributed by atoms with Gasteiger partial charge in [-0.15, -0.1) is 0 Å². The summed E-state index contributed by atoms with van der Waals surface area (Å²) < 4.78 is 3.53. The predicted molar refractivity (Wildman–Crippen MR) is 165 cm³/mol. The Morgan fingerprint density at radius 3 is 1.71 bits per heavy atom. The molecular formula is C35H22N6O. The molecule has 0 bridgehead atoms. The van der Waals surface area contributed by atoms with Gasteiger partial charge in [0.1, 0.15) is 5.52 Å². The van der Waals surface area contributed by atoms with Gasteiger partial charge in [-0.25, -0.2) is 14.5 Å². The summed E-state index contributed by atoms with van der Waals surface area (Å²) in [5, 5.41) is 0.969. The lowest BCUT2D eigenvalue weighted by atomic mass is 10.0. The van der Waals surface area contributed by atoms with Crippen molar-refractivity contribution in [3.8, 4) is 39.9 Å². The van der Waals surface area contributed by atoms with Crippen LogP contribution in [-0.4, -0.2) is 28.9 Å². The molecule has 7 nitrogen and oxygen atoms in total. The average molecular weight is 543 g/mol. The molecule has 0 fully saturated rings. The Bertz CT molecular complexity index is 2250. The number of fused-ring (bicyclic) bond motifs is 5. The minimum atomic E-state index is -0.241. The Labute approximate surface area is 240 Å². The Morgan fingerprint density at radius 1 is 0.524 bits per heavy atom. The lowest BCUT2D eigenvalue weighted by Crippen LogP contribution is -2.24. The number of benzene rings is 4. The van der Waals surface area contributed by atoms with Crippen LogP contribution in [0.4, 0.5) is 0 Å². The third-order valence-corrected chi connectivity index (χ3v) is 7.45. The normalized spacial score (nSPS) is 11.4. The van der Waals surface area contributed by atoms with Crippen molar-refractivity contribution in [2.75, 3.05) is 0 Å². The quantitative estimate of drug-likeness (QED) is 0.240. The number of nitrogens with zero attached hydrogens (tertiary/aromatic N) is 6. The van der Waals surface area contributed by atoms with Gasteiger partial charge in [-0.1, -0.05) is 109 Å². The molecule has 198 valence electrons. The predicted octanol–water partition coefficient (Wildman–Crippen LogP) is 6.98. The third kappa shape index (κ3) is 3.72. The van der Waals surface area contributed by atoms with Gasteiger partial charge in [0.15, 0.2) is 17.3 Å². The monoisotopic (exact) mass is 542 g/mol. The van der Waals surface area contributed by atoms with Crippen LogP contribution in [0.2, 0.25) is 0 Å². The van der Waals surface area contributed by atoms with E-state index in [0.29, 0.717) is 28.3 Å². The van der Waals surface area contributed by atoms with Crippen molar-refractivity contribution >= 4 is 27.6 Å². The molecule has 7 heteroatoms. The maximum atomic E-state index is 14.8. The molecule has 8 rings (SSSR count). The van der Waals surface area contributed by atoms with Crippen LogP contribution < -0.4 is 5.56 Å². The van der Waals surface area contributed by atoms with Crippen LogP contribution in [0, 0.1) is 0 Å². The Hall–Kier alpha value is -5.95. The minimum Gasteiger partial charge on any atom is -0.287 e. The SMILES string of the molecule is O=c1c2c(-c3ccccc3)c3ccccc3n2c2ncccc2n1-c1nc(-c2ccccc2)nc(-c2ccccc2)n1. The Morgan fingerprint density at radius 2 is 1.07 bits per heavy atom. The van der Waals surface area contributed by atoms with Crippen LogP contribution in [0.25, 0.3) is 67.4 Å². The zero-order valence-electron chi connectivity index (χ0n) is 22.3. The van der Waals surface area contributed by atoms with Gasteiger partial charge in [0.25, 0.3) is 5.56 Å². The molecule has 0 N–H and O–H groups in total. The van der Waals surface area contributed by atoms with Crippen LogP contribution in [-0.2, 0) is 0 Å². The molecule has 0 saturated carbocycles. The van der Waals surface area contributed by atoms with E-state index in [1.807, 2.05) is 132 Å². The number of rotatable bonds is 4. The Balaban J connectivity index is 1.54. The molecule has 0 aliphatic heterocycles. The van der Waals surface area contributed by atoms with Crippen LogP contribution in [0.5, 0.6) is 0 Å². The average Bonchev–Trinajstić information content (AvgIpc) is 3.42. The van der Waals surface area contributed by atoms with E-state index in [-0.39, 0.29) is 11.5 Å². The molecule has 0 spiro atoms. The summed E-state index contributed by atoms with van der Waals surface area (Å²) in [6.07, 6.45) is 1.74. The molecule has 4 heterocycles. The van der Waals surface area contributed by atoms with Gasteiger partial charge in [0, 0.05) is 28.3 Å². The molecule has 4 aromatic carbocycles. The van der Waals surface area contributed by atoms with Crippen molar-refractivity contribution in [1.29, 1.82) is 0 Å². The fraction of sp³-hybridized carbons (Fsp3) is 0. The standard InChI is InChI=1S/C35H22N6O/c42-34-30-29(23-13-4-1-5-14-23)26-19-10-11-20-27(26)40(30)33-28(21-12-22-36-33)41(34)35-38-31(24-15-6-2-7-16-24)37-32(39-35)25-17-8-3-9-18-25/h1-22H. The molecule has 8 aromatic rings. The highest BCUT2D eigenvalue weighted by atomic mass is 16.1. The lowest BCUT2D eigenvalue weighted by Gasteiger charge is -2.14. The van der Waals surface area contributed by atoms with E-state index < -0.39 is 0 Å². The van der Waals surface area contributed by atoms with Gasteiger partial charge in [-0.2, -0.15) is 9.97 Å². The van der Waals surface area contributed by atoms with E-state index >= 15 is 0 Å². The zero-order chi connectivity index (χ0) is 28.0. The molecule has 0 atom stereocenters. The number of aromatic nitrogens is 6. The maximum Gasteiger partial charge on any atom is 0.283 e.